The van der Waals surface area contributed by atoms with Crippen LogP contribution < -0.4 is 15.8 Å². The number of hydrogen-bond acceptors (Lipinski definition) is 4. The summed E-state index contributed by atoms with van der Waals surface area (Å²) in [6, 6.07) is 6.99. The van der Waals surface area contributed by atoms with E-state index in [9.17, 15) is 4.79 Å². The highest BCUT2D eigenvalue weighted by molar-refractivity contribution is 6.07. The Morgan fingerprint density at radius 1 is 1.42 bits per heavy atom. The van der Waals surface area contributed by atoms with Crippen molar-refractivity contribution in [1.29, 1.82) is 0 Å². The van der Waals surface area contributed by atoms with Gasteiger partial charge >= 0.3 is 0 Å². The van der Waals surface area contributed by atoms with Crippen molar-refractivity contribution in [3.8, 4) is 5.75 Å². The number of carbonyl (C=O) groups excluding carboxylic acids is 1. The summed E-state index contributed by atoms with van der Waals surface area (Å²) < 4.78 is 6.70. The van der Waals surface area contributed by atoms with Crippen LogP contribution in [0.15, 0.2) is 24.3 Å². The lowest BCUT2D eigenvalue weighted by Crippen LogP contribution is -2.16. The third kappa shape index (κ3) is 2.37. The van der Waals surface area contributed by atoms with E-state index >= 15 is 0 Å². The van der Waals surface area contributed by atoms with Crippen molar-refractivity contribution in [2.24, 2.45) is 7.05 Å². The Morgan fingerprint density at radius 2 is 2.11 bits per heavy atom. The maximum Gasteiger partial charge on any atom is 0.260 e. The Bertz CT molecular complexity index is 619. The topological polar surface area (TPSA) is 82.2 Å². The molecule has 2 aromatic rings. The number of amides is 1. The second-order valence-electron chi connectivity index (χ2n) is 4.13. The standard InChI is InChI=1S/C13H16N4O2/c1-8-11(14)12(17(2)16-8)15-13(18)9-6-4-5-7-10(9)19-3/h4-7H,14H2,1-3H3,(H,15,18). The molecule has 19 heavy (non-hydrogen) atoms. The lowest BCUT2D eigenvalue weighted by atomic mass is 10.2. The van der Waals surface area contributed by atoms with Gasteiger partial charge < -0.3 is 15.8 Å². The highest BCUT2D eigenvalue weighted by atomic mass is 16.5. The third-order valence-corrected chi connectivity index (χ3v) is 2.85. The number of nitrogens with zero attached hydrogens (tertiary/aromatic N) is 2. The fourth-order valence-corrected chi connectivity index (χ4v) is 1.83. The van der Waals surface area contributed by atoms with Crippen LogP contribution in [0.3, 0.4) is 0 Å². The molecule has 0 aliphatic heterocycles. The molecule has 1 aromatic heterocycles. The van der Waals surface area contributed by atoms with Crippen molar-refractivity contribution in [1.82, 2.24) is 9.78 Å². The molecule has 0 atom stereocenters. The zero-order valence-electron chi connectivity index (χ0n) is 11.1. The maximum atomic E-state index is 12.2. The Balaban J connectivity index is 2.31. The van der Waals surface area contributed by atoms with Gasteiger partial charge in [-0.1, -0.05) is 12.1 Å². The van der Waals surface area contributed by atoms with Gasteiger partial charge in [0.15, 0.2) is 5.82 Å². The molecule has 0 bridgehead atoms. The third-order valence-electron chi connectivity index (χ3n) is 2.85. The van der Waals surface area contributed by atoms with Gasteiger partial charge in [-0.2, -0.15) is 5.10 Å². The fourth-order valence-electron chi connectivity index (χ4n) is 1.83. The normalized spacial score (nSPS) is 10.3. The molecule has 1 amide bonds. The quantitative estimate of drug-likeness (QED) is 0.877. The minimum Gasteiger partial charge on any atom is -0.496 e. The van der Waals surface area contributed by atoms with Crippen LogP contribution in [0.4, 0.5) is 11.5 Å². The average Bonchev–Trinajstić information content (AvgIpc) is 2.65. The number of nitrogens with one attached hydrogen (secondary N) is 1. The first-order valence-electron chi connectivity index (χ1n) is 5.78. The SMILES string of the molecule is COc1ccccc1C(=O)Nc1c(N)c(C)nn1C. The number of aromatic nitrogens is 2. The second-order valence-corrected chi connectivity index (χ2v) is 4.13. The Morgan fingerprint density at radius 3 is 2.68 bits per heavy atom. The largest absolute Gasteiger partial charge is 0.496 e. The van der Waals surface area contributed by atoms with Crippen molar-refractivity contribution in [2.75, 3.05) is 18.2 Å². The second kappa shape index (κ2) is 5.01. The molecule has 6 heteroatoms. The highest BCUT2D eigenvalue weighted by Gasteiger charge is 2.16. The van der Waals surface area contributed by atoms with Crippen LogP contribution in [-0.4, -0.2) is 22.8 Å². The molecule has 6 nitrogen and oxygen atoms in total. The van der Waals surface area contributed by atoms with E-state index in [4.69, 9.17) is 10.5 Å². The number of hydrogen-bond donors (Lipinski definition) is 2. The van der Waals surface area contributed by atoms with Crippen molar-refractivity contribution < 1.29 is 9.53 Å². The van der Waals surface area contributed by atoms with Crippen LogP contribution in [0.2, 0.25) is 0 Å². The molecular weight excluding hydrogens is 244 g/mol. The summed E-state index contributed by atoms with van der Waals surface area (Å²) in [6.07, 6.45) is 0. The van der Waals surface area contributed by atoms with Gasteiger partial charge in [0.05, 0.1) is 24.1 Å². The van der Waals surface area contributed by atoms with Gasteiger partial charge in [0.25, 0.3) is 5.91 Å². The molecule has 1 heterocycles. The number of nitrogens with two attached hydrogens (primary N) is 1. The highest BCUT2D eigenvalue weighted by Crippen LogP contribution is 2.23. The van der Waals surface area contributed by atoms with E-state index < -0.39 is 0 Å². The summed E-state index contributed by atoms with van der Waals surface area (Å²) in [6.45, 7) is 1.79. The first-order valence-corrected chi connectivity index (χ1v) is 5.78. The summed E-state index contributed by atoms with van der Waals surface area (Å²) in [5, 5.41) is 6.89. The van der Waals surface area contributed by atoms with E-state index in [1.54, 1.807) is 38.2 Å². The Kier molecular flexibility index (Phi) is 3.41. The summed E-state index contributed by atoms with van der Waals surface area (Å²) in [5.41, 5.74) is 7.46. The minimum atomic E-state index is -0.285. The van der Waals surface area contributed by atoms with E-state index in [1.807, 2.05) is 0 Å². The van der Waals surface area contributed by atoms with Crippen molar-refractivity contribution >= 4 is 17.4 Å². The number of anilines is 2. The van der Waals surface area contributed by atoms with Crippen LogP contribution in [0.25, 0.3) is 0 Å². The van der Waals surface area contributed by atoms with Gasteiger partial charge in [-0.15, -0.1) is 0 Å². The summed E-state index contributed by atoms with van der Waals surface area (Å²) in [5.74, 6) is 0.706. The van der Waals surface area contributed by atoms with Gasteiger partial charge in [-0.3, -0.25) is 9.48 Å². The smallest absolute Gasteiger partial charge is 0.260 e. The number of nitrogen functional groups attached to an aromatic ring is 1. The van der Waals surface area contributed by atoms with Crippen LogP contribution >= 0.6 is 0 Å². The number of aryl methyl sites for hydroxylation is 2. The summed E-state index contributed by atoms with van der Waals surface area (Å²) in [4.78, 5) is 12.2. The van der Waals surface area contributed by atoms with Gasteiger partial charge in [0.1, 0.15) is 5.75 Å². The molecule has 0 fully saturated rings. The first-order chi connectivity index (χ1) is 9.04. The van der Waals surface area contributed by atoms with Crippen LogP contribution in [0.1, 0.15) is 16.1 Å². The molecule has 0 aliphatic rings. The molecule has 0 radical (unpaired) electrons. The molecule has 100 valence electrons. The van der Waals surface area contributed by atoms with Crippen LogP contribution in [0, 0.1) is 6.92 Å². The van der Waals surface area contributed by atoms with Gasteiger partial charge in [-0.25, -0.2) is 0 Å². The fraction of sp³-hybridized carbons (Fsp3) is 0.231. The first kappa shape index (κ1) is 12.9. The molecule has 2 rings (SSSR count). The molecule has 0 saturated carbocycles. The van der Waals surface area contributed by atoms with E-state index in [-0.39, 0.29) is 5.91 Å². The van der Waals surface area contributed by atoms with Crippen molar-refractivity contribution in [2.45, 2.75) is 6.92 Å². The molecule has 1 aromatic carbocycles. The lowest BCUT2D eigenvalue weighted by Gasteiger charge is -2.09. The number of rotatable bonds is 3. The molecule has 0 aliphatic carbocycles. The van der Waals surface area contributed by atoms with E-state index in [2.05, 4.69) is 10.4 Å². The number of carbonyl (C=O) groups is 1. The predicted molar refractivity (Wildman–Crippen MR) is 73.3 cm³/mol. The van der Waals surface area contributed by atoms with Crippen LogP contribution in [0.5, 0.6) is 5.75 Å². The van der Waals surface area contributed by atoms with Crippen molar-refractivity contribution in [3.63, 3.8) is 0 Å². The van der Waals surface area contributed by atoms with Gasteiger partial charge in [0.2, 0.25) is 0 Å². The molecule has 3 N–H and O–H groups in total. The number of ether oxygens (including phenoxy) is 1. The number of methoxy groups -OCH3 is 1. The van der Waals surface area contributed by atoms with E-state index in [0.29, 0.717) is 28.5 Å². The zero-order valence-corrected chi connectivity index (χ0v) is 11.1. The number of para-hydroxylation sites is 1. The van der Waals surface area contributed by atoms with Gasteiger partial charge in [0, 0.05) is 7.05 Å². The number of benzene rings is 1. The average molecular weight is 260 g/mol. The van der Waals surface area contributed by atoms with E-state index in [1.165, 1.54) is 11.8 Å². The van der Waals surface area contributed by atoms with Crippen LogP contribution in [-0.2, 0) is 7.05 Å². The maximum absolute atomic E-state index is 12.2. The molecule has 0 spiro atoms. The van der Waals surface area contributed by atoms with Crippen molar-refractivity contribution in [3.05, 3.63) is 35.5 Å². The predicted octanol–water partition coefficient (Wildman–Crippen LogP) is 1.57. The Hall–Kier alpha value is -2.50. The van der Waals surface area contributed by atoms with E-state index in [0.717, 1.165) is 0 Å². The molecular formula is C13H16N4O2. The Labute approximate surface area is 111 Å². The zero-order chi connectivity index (χ0) is 14.0. The summed E-state index contributed by atoms with van der Waals surface area (Å²) >= 11 is 0. The monoisotopic (exact) mass is 260 g/mol. The summed E-state index contributed by atoms with van der Waals surface area (Å²) in [7, 11) is 3.25. The molecule has 0 saturated heterocycles. The lowest BCUT2D eigenvalue weighted by molar-refractivity contribution is 0.102. The minimum absolute atomic E-state index is 0.285. The molecule has 0 unspecified atom stereocenters. The van der Waals surface area contributed by atoms with Gasteiger partial charge in [-0.05, 0) is 19.1 Å².